The fourth-order valence-electron chi connectivity index (χ4n) is 4.55. The van der Waals surface area contributed by atoms with Gasteiger partial charge in [-0.2, -0.15) is 5.26 Å². The Bertz CT molecular complexity index is 941. The number of likely N-dealkylation sites (tertiary alicyclic amines) is 1. The minimum absolute atomic E-state index is 0.0403. The maximum Gasteiger partial charge on any atom is 0.318 e. The molecular formula is C25H28N4O. The second kappa shape index (κ2) is 9.15. The van der Waals surface area contributed by atoms with Crippen molar-refractivity contribution in [3.8, 4) is 6.07 Å². The van der Waals surface area contributed by atoms with E-state index in [0.29, 0.717) is 24.6 Å². The summed E-state index contributed by atoms with van der Waals surface area (Å²) in [5.74, 6) is 0.468. The second-order valence-corrected chi connectivity index (χ2v) is 8.31. The number of carbonyl (C=O) groups excluding carboxylic acids is 1. The van der Waals surface area contributed by atoms with Gasteiger partial charge in [-0.15, -0.1) is 0 Å². The van der Waals surface area contributed by atoms with Crippen LogP contribution in [0.4, 0.5) is 4.79 Å². The SMILES string of the molecule is C=C1CNC(=O)N(CC2CCN(Cc3ccccc3)CC2)C1c1cccc(C#N)c1. The largest absolute Gasteiger partial charge is 0.334 e. The molecule has 5 nitrogen and oxygen atoms in total. The zero-order valence-electron chi connectivity index (χ0n) is 17.3. The van der Waals surface area contributed by atoms with Gasteiger partial charge in [0.25, 0.3) is 0 Å². The molecule has 0 aliphatic carbocycles. The van der Waals surface area contributed by atoms with Crippen molar-refractivity contribution in [2.45, 2.75) is 25.4 Å². The third-order valence-electron chi connectivity index (χ3n) is 6.17. The van der Waals surface area contributed by atoms with Crippen molar-refractivity contribution < 1.29 is 4.79 Å². The number of urea groups is 1. The molecule has 2 heterocycles. The highest BCUT2D eigenvalue weighted by Crippen LogP contribution is 2.33. The molecule has 2 aliphatic heterocycles. The predicted molar refractivity (Wildman–Crippen MR) is 118 cm³/mol. The molecule has 2 aromatic carbocycles. The van der Waals surface area contributed by atoms with Crippen LogP contribution in [0, 0.1) is 17.2 Å². The molecule has 4 rings (SSSR count). The van der Waals surface area contributed by atoms with Crippen molar-refractivity contribution in [3.05, 3.63) is 83.4 Å². The molecule has 2 aliphatic rings. The van der Waals surface area contributed by atoms with Gasteiger partial charge in [0.1, 0.15) is 0 Å². The summed E-state index contributed by atoms with van der Waals surface area (Å²) in [7, 11) is 0. The Labute approximate surface area is 178 Å². The number of piperidine rings is 1. The van der Waals surface area contributed by atoms with Gasteiger partial charge >= 0.3 is 6.03 Å². The van der Waals surface area contributed by atoms with Crippen LogP contribution in [0.15, 0.2) is 66.7 Å². The summed E-state index contributed by atoms with van der Waals surface area (Å²) in [5.41, 5.74) is 3.89. The lowest BCUT2D eigenvalue weighted by molar-refractivity contribution is 0.124. The molecule has 5 heteroatoms. The molecule has 1 atom stereocenters. The van der Waals surface area contributed by atoms with Gasteiger partial charge in [0.15, 0.2) is 0 Å². The minimum atomic E-state index is -0.172. The highest BCUT2D eigenvalue weighted by molar-refractivity contribution is 5.77. The summed E-state index contributed by atoms with van der Waals surface area (Å²) < 4.78 is 0. The Kier molecular flexibility index (Phi) is 6.15. The number of hydrogen-bond acceptors (Lipinski definition) is 3. The van der Waals surface area contributed by atoms with E-state index in [-0.39, 0.29) is 12.1 Å². The van der Waals surface area contributed by atoms with Crippen molar-refractivity contribution in [3.63, 3.8) is 0 Å². The van der Waals surface area contributed by atoms with Crippen molar-refractivity contribution in [1.82, 2.24) is 15.1 Å². The van der Waals surface area contributed by atoms with Crippen LogP contribution in [-0.4, -0.2) is 42.0 Å². The molecule has 0 radical (unpaired) electrons. The van der Waals surface area contributed by atoms with E-state index in [2.05, 4.69) is 53.2 Å². The molecule has 1 unspecified atom stereocenters. The third-order valence-corrected chi connectivity index (χ3v) is 6.17. The summed E-state index contributed by atoms with van der Waals surface area (Å²) in [5, 5.41) is 12.2. The van der Waals surface area contributed by atoms with Crippen LogP contribution >= 0.6 is 0 Å². The third kappa shape index (κ3) is 4.55. The number of nitrogens with zero attached hydrogens (tertiary/aromatic N) is 3. The second-order valence-electron chi connectivity index (χ2n) is 8.31. The molecule has 30 heavy (non-hydrogen) atoms. The smallest absolute Gasteiger partial charge is 0.318 e. The predicted octanol–water partition coefficient (Wildman–Crippen LogP) is 4.09. The zero-order valence-corrected chi connectivity index (χ0v) is 17.3. The van der Waals surface area contributed by atoms with Crippen molar-refractivity contribution in [2.75, 3.05) is 26.2 Å². The molecule has 0 spiro atoms. The molecule has 1 N–H and O–H groups in total. The first-order valence-corrected chi connectivity index (χ1v) is 10.6. The topological polar surface area (TPSA) is 59.4 Å². The normalized spacial score (nSPS) is 20.6. The first kappa shape index (κ1) is 20.2. The highest BCUT2D eigenvalue weighted by Gasteiger charge is 2.34. The van der Waals surface area contributed by atoms with E-state index in [1.54, 1.807) is 6.07 Å². The van der Waals surface area contributed by atoms with Gasteiger partial charge < -0.3 is 10.2 Å². The summed E-state index contributed by atoms with van der Waals surface area (Å²) in [6.45, 7) is 8.49. The maximum atomic E-state index is 12.8. The molecule has 0 saturated carbocycles. The number of rotatable bonds is 5. The molecule has 2 amide bonds. The lowest BCUT2D eigenvalue weighted by Crippen LogP contribution is -2.51. The molecule has 0 bridgehead atoms. The monoisotopic (exact) mass is 400 g/mol. The number of nitriles is 1. The number of hydrogen-bond donors (Lipinski definition) is 1. The van der Waals surface area contributed by atoms with Gasteiger partial charge in [0, 0.05) is 19.6 Å². The van der Waals surface area contributed by atoms with Crippen LogP contribution in [0.3, 0.4) is 0 Å². The number of nitrogens with one attached hydrogen (secondary N) is 1. The highest BCUT2D eigenvalue weighted by atomic mass is 16.2. The van der Waals surface area contributed by atoms with Gasteiger partial charge in [-0.25, -0.2) is 4.79 Å². The number of carbonyl (C=O) groups is 1. The molecular weight excluding hydrogens is 372 g/mol. The van der Waals surface area contributed by atoms with E-state index in [9.17, 15) is 10.1 Å². The van der Waals surface area contributed by atoms with Gasteiger partial charge in [0.05, 0.1) is 17.7 Å². The van der Waals surface area contributed by atoms with Gasteiger partial charge in [0.2, 0.25) is 0 Å². The Balaban J connectivity index is 1.42. The van der Waals surface area contributed by atoms with E-state index >= 15 is 0 Å². The molecule has 2 saturated heterocycles. The molecule has 2 aromatic rings. The lowest BCUT2D eigenvalue weighted by atomic mass is 9.91. The summed E-state index contributed by atoms with van der Waals surface area (Å²) in [4.78, 5) is 17.2. The van der Waals surface area contributed by atoms with Crippen LogP contribution in [0.5, 0.6) is 0 Å². The van der Waals surface area contributed by atoms with Crippen molar-refractivity contribution in [1.29, 1.82) is 5.26 Å². The summed E-state index contributed by atoms with van der Waals surface area (Å²) >= 11 is 0. The molecule has 0 aromatic heterocycles. The Morgan fingerprint density at radius 3 is 2.60 bits per heavy atom. The minimum Gasteiger partial charge on any atom is -0.334 e. The van der Waals surface area contributed by atoms with Gasteiger partial charge in [-0.3, -0.25) is 4.90 Å². The van der Waals surface area contributed by atoms with Crippen molar-refractivity contribution in [2.24, 2.45) is 5.92 Å². The van der Waals surface area contributed by atoms with E-state index in [0.717, 1.165) is 43.6 Å². The Morgan fingerprint density at radius 2 is 1.87 bits per heavy atom. The van der Waals surface area contributed by atoms with Gasteiger partial charge in [-0.1, -0.05) is 49.0 Å². The van der Waals surface area contributed by atoms with E-state index in [1.165, 1.54) is 5.56 Å². The van der Waals surface area contributed by atoms with E-state index in [1.807, 2.05) is 23.1 Å². The fraction of sp³-hybridized carbons (Fsp3) is 0.360. The lowest BCUT2D eigenvalue weighted by Gasteiger charge is -2.41. The van der Waals surface area contributed by atoms with Crippen LogP contribution in [-0.2, 0) is 6.54 Å². The molecule has 2 fully saturated rings. The quantitative estimate of drug-likeness (QED) is 0.769. The first-order chi connectivity index (χ1) is 14.6. The van der Waals surface area contributed by atoms with Crippen LogP contribution < -0.4 is 5.32 Å². The van der Waals surface area contributed by atoms with Crippen LogP contribution in [0.1, 0.15) is 35.6 Å². The standard InChI is InChI=1S/C25H28N4O/c1-19-16-27-25(30)29(24(19)23-9-5-8-22(14-23)15-26)18-21-10-12-28(13-11-21)17-20-6-3-2-4-7-20/h2-9,14,21,24H,1,10-13,16-18H2,(H,27,30). The zero-order chi connectivity index (χ0) is 20.9. The van der Waals surface area contributed by atoms with E-state index < -0.39 is 0 Å². The Hall–Kier alpha value is -3.10. The van der Waals surface area contributed by atoms with Crippen LogP contribution in [0.25, 0.3) is 0 Å². The average molecular weight is 401 g/mol. The fourth-order valence-corrected chi connectivity index (χ4v) is 4.55. The summed E-state index contributed by atoms with van der Waals surface area (Å²) in [6, 6.07) is 20.1. The average Bonchev–Trinajstić information content (AvgIpc) is 2.78. The van der Waals surface area contributed by atoms with Crippen molar-refractivity contribution >= 4 is 6.03 Å². The first-order valence-electron chi connectivity index (χ1n) is 10.6. The maximum absolute atomic E-state index is 12.8. The number of amides is 2. The van der Waals surface area contributed by atoms with Gasteiger partial charge in [-0.05, 0) is 60.7 Å². The van der Waals surface area contributed by atoms with E-state index in [4.69, 9.17) is 0 Å². The van der Waals surface area contributed by atoms with Crippen LogP contribution in [0.2, 0.25) is 0 Å². The summed E-state index contributed by atoms with van der Waals surface area (Å²) in [6.07, 6.45) is 2.15. The number of benzene rings is 2. The Morgan fingerprint density at radius 1 is 1.10 bits per heavy atom. The molecule has 154 valence electrons.